The molecule has 0 aliphatic carbocycles. The summed E-state index contributed by atoms with van der Waals surface area (Å²) in [5.41, 5.74) is 0. The first-order chi connectivity index (χ1) is 5.70. The van der Waals surface area contributed by atoms with Gasteiger partial charge in [-0.05, 0) is 19.4 Å². The van der Waals surface area contributed by atoms with Gasteiger partial charge in [-0.15, -0.1) is 0 Å². The zero-order chi connectivity index (χ0) is 9.40. The van der Waals surface area contributed by atoms with Crippen LogP contribution in [0.3, 0.4) is 0 Å². The van der Waals surface area contributed by atoms with Crippen LogP contribution in [0, 0.1) is 0 Å². The third-order valence-corrected chi connectivity index (χ3v) is 1.08. The molecule has 0 heterocycles. The number of rotatable bonds is 3. The average Bonchev–Trinajstić information content (AvgIpc) is 2.01. The fraction of sp³-hybridized carbons (Fsp3) is 0.500. The highest BCUT2D eigenvalue weighted by atomic mass is 16.2. The first-order valence-corrected chi connectivity index (χ1v) is 3.96. The van der Waals surface area contributed by atoms with E-state index in [9.17, 15) is 9.59 Å². The molecular weight excluding hydrogens is 156 g/mol. The van der Waals surface area contributed by atoms with E-state index in [4.69, 9.17) is 0 Å². The van der Waals surface area contributed by atoms with Crippen molar-refractivity contribution in [2.75, 3.05) is 6.54 Å². The van der Waals surface area contributed by atoms with Crippen molar-refractivity contribution in [3.8, 4) is 0 Å². The molecule has 0 saturated carbocycles. The van der Waals surface area contributed by atoms with Crippen LogP contribution in [0.1, 0.15) is 20.3 Å². The number of allylic oxidation sites excluding steroid dienone is 1. The van der Waals surface area contributed by atoms with Gasteiger partial charge < -0.3 is 5.32 Å². The maximum absolute atomic E-state index is 10.8. The van der Waals surface area contributed by atoms with E-state index in [2.05, 4.69) is 10.6 Å². The predicted octanol–water partition coefficient (Wildman–Crippen LogP) is 0.798. The quantitative estimate of drug-likeness (QED) is 0.615. The molecule has 4 heteroatoms. The molecule has 0 fully saturated rings. The first kappa shape index (κ1) is 10.7. The minimum absolute atomic E-state index is 0.386. The molecule has 0 aliphatic heterocycles. The van der Waals surface area contributed by atoms with Crippen molar-refractivity contribution < 1.29 is 9.59 Å². The van der Waals surface area contributed by atoms with Crippen LogP contribution in [0.4, 0.5) is 4.79 Å². The maximum Gasteiger partial charge on any atom is 0.321 e. The van der Waals surface area contributed by atoms with Gasteiger partial charge in [-0.25, -0.2) is 4.79 Å². The molecule has 4 nitrogen and oxygen atoms in total. The number of imide groups is 1. The van der Waals surface area contributed by atoms with Crippen molar-refractivity contribution in [1.29, 1.82) is 0 Å². The first-order valence-electron chi connectivity index (χ1n) is 3.96. The Bertz CT molecular complexity index is 187. The number of carbonyl (C=O) groups is 2. The van der Waals surface area contributed by atoms with Crippen molar-refractivity contribution in [1.82, 2.24) is 10.6 Å². The summed E-state index contributed by atoms with van der Waals surface area (Å²) in [6.45, 7) is 4.21. The van der Waals surface area contributed by atoms with Crippen molar-refractivity contribution >= 4 is 11.9 Å². The van der Waals surface area contributed by atoms with Gasteiger partial charge in [-0.2, -0.15) is 0 Å². The summed E-state index contributed by atoms with van der Waals surface area (Å²) < 4.78 is 0. The van der Waals surface area contributed by atoms with Crippen LogP contribution in [0.15, 0.2) is 12.2 Å². The molecule has 68 valence electrons. The fourth-order valence-electron chi connectivity index (χ4n) is 0.583. The minimum Gasteiger partial charge on any atom is -0.338 e. The largest absolute Gasteiger partial charge is 0.338 e. The Morgan fingerprint density at radius 2 is 2.00 bits per heavy atom. The lowest BCUT2D eigenvalue weighted by atomic mass is 10.4. The second kappa shape index (κ2) is 6.39. The summed E-state index contributed by atoms with van der Waals surface area (Å²) in [7, 11) is 0. The Balaban J connectivity index is 3.69. The van der Waals surface area contributed by atoms with Crippen LogP contribution in [-0.2, 0) is 4.79 Å². The smallest absolute Gasteiger partial charge is 0.321 e. The molecule has 0 saturated heterocycles. The van der Waals surface area contributed by atoms with E-state index < -0.39 is 6.03 Å². The molecule has 0 spiro atoms. The van der Waals surface area contributed by atoms with Gasteiger partial charge in [0.1, 0.15) is 0 Å². The summed E-state index contributed by atoms with van der Waals surface area (Å²) in [6, 6.07) is -0.455. The number of nitrogens with one attached hydrogen (secondary N) is 2. The summed E-state index contributed by atoms with van der Waals surface area (Å²) in [4.78, 5) is 21.6. The molecule has 0 aromatic rings. The molecule has 0 aromatic carbocycles. The lowest BCUT2D eigenvalue weighted by Gasteiger charge is -2.00. The molecule has 0 radical (unpaired) electrons. The molecule has 0 bridgehead atoms. The van der Waals surface area contributed by atoms with Crippen LogP contribution in [0.5, 0.6) is 0 Å². The van der Waals surface area contributed by atoms with Crippen molar-refractivity contribution in [2.24, 2.45) is 0 Å². The Morgan fingerprint density at radius 3 is 2.50 bits per heavy atom. The fourth-order valence-corrected chi connectivity index (χ4v) is 0.583. The normalized spacial score (nSPS) is 9.83. The third kappa shape index (κ3) is 5.46. The monoisotopic (exact) mass is 170 g/mol. The third-order valence-electron chi connectivity index (χ3n) is 1.08. The second-order valence-electron chi connectivity index (χ2n) is 2.16. The van der Waals surface area contributed by atoms with Gasteiger partial charge in [-0.3, -0.25) is 10.1 Å². The molecule has 0 atom stereocenters. The second-order valence-corrected chi connectivity index (χ2v) is 2.16. The van der Waals surface area contributed by atoms with Gasteiger partial charge in [0, 0.05) is 6.54 Å². The topological polar surface area (TPSA) is 58.2 Å². The van der Waals surface area contributed by atoms with E-state index in [1.165, 1.54) is 6.08 Å². The van der Waals surface area contributed by atoms with E-state index >= 15 is 0 Å². The van der Waals surface area contributed by atoms with Crippen LogP contribution in [0.2, 0.25) is 0 Å². The van der Waals surface area contributed by atoms with Gasteiger partial charge in [-0.1, -0.05) is 13.0 Å². The Hall–Kier alpha value is -1.32. The van der Waals surface area contributed by atoms with Crippen LogP contribution in [-0.4, -0.2) is 18.5 Å². The van der Waals surface area contributed by atoms with Gasteiger partial charge in [0.05, 0.1) is 0 Å². The standard InChI is InChI=1S/C8H14N2O2/c1-3-5-6-7(11)10-8(12)9-4-2/h5-6H,3-4H2,1-2H3,(H2,9,10,11,12)/b6-5+. The van der Waals surface area contributed by atoms with Crippen molar-refractivity contribution in [3.05, 3.63) is 12.2 Å². The van der Waals surface area contributed by atoms with Crippen molar-refractivity contribution in [2.45, 2.75) is 20.3 Å². The van der Waals surface area contributed by atoms with Crippen molar-refractivity contribution in [3.63, 3.8) is 0 Å². The number of hydrogen-bond acceptors (Lipinski definition) is 2. The van der Waals surface area contributed by atoms with Crippen LogP contribution >= 0.6 is 0 Å². The molecule has 3 amide bonds. The molecule has 0 aromatic heterocycles. The Labute approximate surface area is 72.0 Å². The predicted molar refractivity (Wildman–Crippen MR) is 46.6 cm³/mol. The number of hydrogen-bond donors (Lipinski definition) is 2. The van der Waals surface area contributed by atoms with E-state index in [1.807, 2.05) is 6.92 Å². The highest BCUT2D eigenvalue weighted by molar-refractivity contribution is 6.00. The minimum atomic E-state index is -0.455. The van der Waals surface area contributed by atoms with Gasteiger partial charge in [0.25, 0.3) is 5.91 Å². The molecule has 0 aliphatic rings. The lowest BCUT2D eigenvalue weighted by molar-refractivity contribution is -0.115. The maximum atomic E-state index is 10.8. The number of carbonyl (C=O) groups excluding carboxylic acids is 2. The zero-order valence-corrected chi connectivity index (χ0v) is 7.39. The highest BCUT2D eigenvalue weighted by Gasteiger charge is 2.00. The van der Waals surface area contributed by atoms with E-state index in [0.29, 0.717) is 6.54 Å². The van der Waals surface area contributed by atoms with Gasteiger partial charge in [0.15, 0.2) is 0 Å². The average molecular weight is 170 g/mol. The Morgan fingerprint density at radius 1 is 1.33 bits per heavy atom. The molecule has 0 unspecified atom stereocenters. The summed E-state index contributed by atoms with van der Waals surface area (Å²) in [5, 5.41) is 4.59. The molecule has 12 heavy (non-hydrogen) atoms. The Kier molecular flexibility index (Phi) is 5.69. The lowest BCUT2D eigenvalue weighted by Crippen LogP contribution is -2.38. The zero-order valence-electron chi connectivity index (χ0n) is 7.39. The van der Waals surface area contributed by atoms with Crippen LogP contribution < -0.4 is 10.6 Å². The summed E-state index contributed by atoms with van der Waals surface area (Å²) in [5.74, 6) is -0.386. The number of urea groups is 1. The summed E-state index contributed by atoms with van der Waals surface area (Å²) in [6.07, 6.45) is 3.81. The van der Waals surface area contributed by atoms with Crippen LogP contribution in [0.25, 0.3) is 0 Å². The van der Waals surface area contributed by atoms with Gasteiger partial charge >= 0.3 is 6.03 Å². The highest BCUT2D eigenvalue weighted by Crippen LogP contribution is 1.79. The molecular formula is C8H14N2O2. The molecule has 0 rings (SSSR count). The SMILES string of the molecule is CC/C=C/C(=O)NC(=O)NCC. The number of amides is 3. The summed E-state index contributed by atoms with van der Waals surface area (Å²) >= 11 is 0. The van der Waals surface area contributed by atoms with E-state index in [-0.39, 0.29) is 5.91 Å². The van der Waals surface area contributed by atoms with Gasteiger partial charge in [0.2, 0.25) is 0 Å². The van der Waals surface area contributed by atoms with E-state index in [0.717, 1.165) is 6.42 Å². The molecule has 2 N–H and O–H groups in total. The van der Waals surface area contributed by atoms with E-state index in [1.54, 1.807) is 13.0 Å².